The molecule has 0 aliphatic rings. The van der Waals surface area contributed by atoms with Gasteiger partial charge in [-0.3, -0.25) is 0 Å². The number of phenols is 1. The van der Waals surface area contributed by atoms with E-state index in [2.05, 4.69) is 4.40 Å². The molecule has 0 aliphatic heterocycles. The number of phenolic OH excluding ortho intramolecular Hbond substituents is 1. The van der Waals surface area contributed by atoms with E-state index in [1.54, 1.807) is 20.2 Å². The Morgan fingerprint density at radius 2 is 1.84 bits per heavy atom. The Morgan fingerprint density at radius 3 is 2.32 bits per heavy atom. The molecule has 1 aromatic rings. The minimum absolute atomic E-state index is 0.168. The lowest BCUT2D eigenvalue weighted by Crippen LogP contribution is -2.13. The second-order valence-electron chi connectivity index (χ2n) is 5.59. The molecular formula is C13H20N2O3S. The summed E-state index contributed by atoms with van der Waals surface area (Å²) >= 11 is 0. The fourth-order valence-corrected chi connectivity index (χ4v) is 2.43. The number of hydrogen-bond donors (Lipinski definition) is 1. The fraction of sp³-hybridized carbons (Fsp3) is 0.462. The van der Waals surface area contributed by atoms with E-state index in [0.29, 0.717) is 0 Å². The Labute approximate surface area is 114 Å². The smallest absolute Gasteiger partial charge is 0.287 e. The first-order valence-corrected chi connectivity index (χ1v) is 7.28. The van der Waals surface area contributed by atoms with Crippen LogP contribution in [0, 0.1) is 0 Å². The Hall–Kier alpha value is -1.56. The van der Waals surface area contributed by atoms with Gasteiger partial charge in [-0.25, -0.2) is 0 Å². The summed E-state index contributed by atoms with van der Waals surface area (Å²) < 4.78 is 27.6. The van der Waals surface area contributed by atoms with E-state index < -0.39 is 10.0 Å². The number of aromatic hydroxyl groups is 1. The largest absolute Gasteiger partial charge is 0.507 e. The molecule has 0 saturated carbocycles. The van der Waals surface area contributed by atoms with Crippen LogP contribution in [0.25, 0.3) is 0 Å². The van der Waals surface area contributed by atoms with Gasteiger partial charge < -0.3 is 10.0 Å². The van der Waals surface area contributed by atoms with Gasteiger partial charge in [0.1, 0.15) is 17.0 Å². The topological polar surface area (TPSA) is 70.0 Å². The third-order valence-electron chi connectivity index (χ3n) is 2.52. The van der Waals surface area contributed by atoms with Gasteiger partial charge in [0.2, 0.25) is 0 Å². The molecule has 0 spiro atoms. The lowest BCUT2D eigenvalue weighted by molar-refractivity contribution is 0.457. The minimum atomic E-state index is -3.89. The van der Waals surface area contributed by atoms with Gasteiger partial charge >= 0.3 is 0 Å². The number of hydrogen-bond acceptors (Lipinski definition) is 3. The van der Waals surface area contributed by atoms with Crippen LogP contribution in [0.1, 0.15) is 26.3 Å². The number of rotatable bonds is 3. The quantitative estimate of drug-likeness (QED) is 0.680. The predicted octanol–water partition coefficient (Wildman–Crippen LogP) is 1.97. The molecule has 1 rings (SSSR count). The molecule has 0 radical (unpaired) electrons. The number of sulfonamides is 1. The van der Waals surface area contributed by atoms with Crippen LogP contribution in [-0.2, 0) is 15.4 Å². The molecule has 1 N–H and O–H groups in total. The molecule has 1 aromatic carbocycles. The minimum Gasteiger partial charge on any atom is -0.507 e. The summed E-state index contributed by atoms with van der Waals surface area (Å²) in [6.07, 6.45) is 1.19. The first-order chi connectivity index (χ1) is 8.54. The lowest BCUT2D eigenvalue weighted by atomic mass is 9.87. The highest BCUT2D eigenvalue weighted by atomic mass is 32.2. The van der Waals surface area contributed by atoms with Gasteiger partial charge in [-0.05, 0) is 23.1 Å². The molecule has 0 unspecified atom stereocenters. The molecule has 5 nitrogen and oxygen atoms in total. The van der Waals surface area contributed by atoms with E-state index in [1.807, 2.05) is 20.8 Å². The van der Waals surface area contributed by atoms with Crippen molar-refractivity contribution in [3.63, 3.8) is 0 Å². The lowest BCUT2D eigenvalue weighted by Gasteiger charge is -2.19. The highest BCUT2D eigenvalue weighted by molar-refractivity contribution is 7.90. The summed E-state index contributed by atoms with van der Waals surface area (Å²) in [4.78, 5) is 1.35. The highest BCUT2D eigenvalue weighted by Gasteiger charge is 2.22. The molecule has 0 aliphatic carbocycles. The Morgan fingerprint density at radius 1 is 1.26 bits per heavy atom. The van der Waals surface area contributed by atoms with Crippen molar-refractivity contribution in [1.82, 2.24) is 4.90 Å². The second kappa shape index (κ2) is 5.21. The molecule has 6 heteroatoms. The maximum Gasteiger partial charge on any atom is 0.287 e. The van der Waals surface area contributed by atoms with E-state index in [1.165, 1.54) is 23.4 Å². The van der Waals surface area contributed by atoms with Crippen molar-refractivity contribution >= 4 is 16.4 Å². The van der Waals surface area contributed by atoms with Crippen LogP contribution < -0.4 is 0 Å². The molecule has 0 saturated heterocycles. The zero-order valence-corrected chi connectivity index (χ0v) is 12.7. The van der Waals surface area contributed by atoms with E-state index in [9.17, 15) is 13.5 Å². The molecule has 0 bridgehead atoms. The van der Waals surface area contributed by atoms with Crippen molar-refractivity contribution in [2.24, 2.45) is 4.40 Å². The van der Waals surface area contributed by atoms with E-state index in [-0.39, 0.29) is 16.1 Å². The van der Waals surface area contributed by atoms with Crippen molar-refractivity contribution in [2.45, 2.75) is 31.1 Å². The average Bonchev–Trinajstić information content (AvgIpc) is 2.25. The summed E-state index contributed by atoms with van der Waals surface area (Å²) in [6, 6.07) is 4.57. The third kappa shape index (κ3) is 3.96. The molecular weight excluding hydrogens is 264 g/mol. The van der Waals surface area contributed by atoms with E-state index >= 15 is 0 Å². The highest BCUT2D eigenvalue weighted by Crippen LogP contribution is 2.30. The van der Waals surface area contributed by atoms with Gasteiger partial charge in [-0.15, -0.1) is 4.40 Å². The fourth-order valence-electron chi connectivity index (χ4n) is 1.40. The van der Waals surface area contributed by atoms with Gasteiger partial charge in [-0.2, -0.15) is 8.42 Å². The van der Waals surface area contributed by atoms with Crippen LogP contribution in [-0.4, -0.2) is 38.9 Å². The average molecular weight is 284 g/mol. The van der Waals surface area contributed by atoms with Crippen LogP contribution in [0.3, 0.4) is 0 Å². The van der Waals surface area contributed by atoms with Crippen LogP contribution in [0.5, 0.6) is 5.75 Å². The first-order valence-electron chi connectivity index (χ1n) is 5.84. The van der Waals surface area contributed by atoms with Crippen LogP contribution in [0.2, 0.25) is 0 Å². The number of nitrogens with zero attached hydrogens (tertiary/aromatic N) is 2. The van der Waals surface area contributed by atoms with Crippen molar-refractivity contribution in [1.29, 1.82) is 0 Å². The van der Waals surface area contributed by atoms with Crippen molar-refractivity contribution in [2.75, 3.05) is 14.1 Å². The molecule has 106 valence electrons. The Kier molecular flexibility index (Phi) is 4.25. The molecule has 0 amide bonds. The zero-order chi connectivity index (χ0) is 14.8. The van der Waals surface area contributed by atoms with Gasteiger partial charge in [0.05, 0.1) is 0 Å². The maximum absolute atomic E-state index is 12.1. The summed E-state index contributed by atoms with van der Waals surface area (Å²) in [5.74, 6) is -0.288. The summed E-state index contributed by atoms with van der Waals surface area (Å²) in [6.45, 7) is 5.91. The first kappa shape index (κ1) is 15.5. The number of benzene rings is 1. The van der Waals surface area contributed by atoms with E-state index in [4.69, 9.17) is 0 Å². The van der Waals surface area contributed by atoms with Crippen LogP contribution in [0.15, 0.2) is 27.5 Å². The molecule has 0 atom stereocenters. The SMILES string of the molecule is CN(C)/C=N/S(=O)(=O)c1cc(C(C)(C)C)ccc1O. The zero-order valence-electron chi connectivity index (χ0n) is 11.9. The van der Waals surface area contributed by atoms with Gasteiger partial charge in [0, 0.05) is 14.1 Å². The van der Waals surface area contributed by atoms with Gasteiger partial charge in [0.25, 0.3) is 10.0 Å². The third-order valence-corrected chi connectivity index (χ3v) is 3.78. The Balaban J connectivity index is 3.35. The normalized spacial score (nSPS) is 12.9. The van der Waals surface area contributed by atoms with Crippen molar-refractivity contribution in [3.05, 3.63) is 23.8 Å². The molecule has 0 aromatic heterocycles. The maximum atomic E-state index is 12.1. The summed E-state index contributed by atoms with van der Waals surface area (Å²) in [5, 5.41) is 9.73. The molecule has 19 heavy (non-hydrogen) atoms. The second-order valence-corrected chi connectivity index (χ2v) is 7.19. The van der Waals surface area contributed by atoms with Crippen molar-refractivity contribution in [3.8, 4) is 5.75 Å². The van der Waals surface area contributed by atoms with Gasteiger partial charge in [-0.1, -0.05) is 26.8 Å². The molecule has 0 fully saturated rings. The summed E-state index contributed by atoms with van der Waals surface area (Å²) in [5.41, 5.74) is 0.618. The van der Waals surface area contributed by atoms with Crippen LogP contribution >= 0.6 is 0 Å². The van der Waals surface area contributed by atoms with Crippen LogP contribution in [0.4, 0.5) is 0 Å². The molecule has 0 heterocycles. The Bertz CT molecular complexity index is 584. The van der Waals surface area contributed by atoms with Gasteiger partial charge in [0.15, 0.2) is 0 Å². The van der Waals surface area contributed by atoms with Crippen molar-refractivity contribution < 1.29 is 13.5 Å². The standard InChI is InChI=1S/C13H20N2O3S/c1-13(2,3)10-6-7-11(16)12(8-10)19(17,18)14-9-15(4)5/h6-9,16H,1-5H3/b14-9+. The van der Waals surface area contributed by atoms with E-state index in [0.717, 1.165) is 5.56 Å². The predicted molar refractivity (Wildman–Crippen MR) is 76.2 cm³/mol. The summed E-state index contributed by atoms with van der Waals surface area (Å²) in [7, 11) is -0.549. The monoisotopic (exact) mass is 284 g/mol.